The Kier molecular flexibility index (Phi) is 3.49. The highest BCUT2D eigenvalue weighted by Gasteiger charge is 2.17. The lowest BCUT2D eigenvalue weighted by atomic mass is 10.0. The molecule has 1 aliphatic rings. The van der Waals surface area contributed by atoms with Crippen LogP contribution in [0.4, 0.5) is 0 Å². The van der Waals surface area contributed by atoms with Crippen LogP contribution in [-0.2, 0) is 0 Å². The molecule has 0 amide bonds. The number of hydrogen-bond acceptors (Lipinski definition) is 2. The Hall–Kier alpha value is -1.02. The fourth-order valence-electron chi connectivity index (χ4n) is 2.01. The second-order valence-electron chi connectivity index (χ2n) is 4.91. The van der Waals surface area contributed by atoms with Crippen molar-refractivity contribution in [1.29, 1.82) is 0 Å². The molecule has 0 bridgehead atoms. The highest BCUT2D eigenvalue weighted by Crippen LogP contribution is 2.25. The van der Waals surface area contributed by atoms with E-state index >= 15 is 0 Å². The summed E-state index contributed by atoms with van der Waals surface area (Å²) in [6.45, 7) is 8.60. The van der Waals surface area contributed by atoms with Crippen LogP contribution < -0.4 is 10.1 Å². The Morgan fingerprint density at radius 1 is 1.38 bits per heavy atom. The molecular formula is C14H21NO. The van der Waals surface area contributed by atoms with E-state index in [9.17, 15) is 0 Å². The van der Waals surface area contributed by atoms with E-state index in [0.29, 0.717) is 12.0 Å². The van der Waals surface area contributed by atoms with Crippen LogP contribution in [-0.4, -0.2) is 19.2 Å². The van der Waals surface area contributed by atoms with Crippen LogP contribution in [0.2, 0.25) is 0 Å². The maximum Gasteiger partial charge on any atom is 0.122 e. The average molecular weight is 219 g/mol. The van der Waals surface area contributed by atoms with Crippen LogP contribution in [0.3, 0.4) is 0 Å². The fraction of sp³-hybridized carbons (Fsp3) is 0.571. The van der Waals surface area contributed by atoms with E-state index in [2.05, 4.69) is 44.3 Å². The molecule has 0 aliphatic carbocycles. The van der Waals surface area contributed by atoms with Crippen molar-refractivity contribution in [2.45, 2.75) is 39.2 Å². The van der Waals surface area contributed by atoms with Gasteiger partial charge in [0.2, 0.25) is 0 Å². The van der Waals surface area contributed by atoms with Gasteiger partial charge >= 0.3 is 0 Å². The summed E-state index contributed by atoms with van der Waals surface area (Å²) < 4.78 is 6.03. The van der Waals surface area contributed by atoms with Gasteiger partial charge in [-0.1, -0.05) is 26.0 Å². The van der Waals surface area contributed by atoms with E-state index in [-0.39, 0.29) is 0 Å². The van der Waals surface area contributed by atoms with Gasteiger partial charge in [-0.15, -0.1) is 0 Å². The summed E-state index contributed by atoms with van der Waals surface area (Å²) in [4.78, 5) is 0. The molecule has 1 fully saturated rings. The van der Waals surface area contributed by atoms with Crippen molar-refractivity contribution in [3.63, 3.8) is 0 Å². The molecule has 16 heavy (non-hydrogen) atoms. The molecular weight excluding hydrogens is 198 g/mol. The molecule has 0 saturated carbocycles. The average Bonchev–Trinajstić information content (AvgIpc) is 2.73. The Morgan fingerprint density at radius 3 is 2.81 bits per heavy atom. The maximum atomic E-state index is 6.03. The molecule has 1 saturated heterocycles. The molecule has 0 spiro atoms. The van der Waals surface area contributed by atoms with Crippen molar-refractivity contribution in [3.8, 4) is 5.75 Å². The van der Waals surface area contributed by atoms with Crippen LogP contribution in [0.1, 0.15) is 37.3 Å². The first-order chi connectivity index (χ1) is 7.66. The molecule has 1 atom stereocenters. The minimum absolute atomic E-state index is 0.348. The van der Waals surface area contributed by atoms with Gasteiger partial charge in [0.15, 0.2) is 0 Å². The van der Waals surface area contributed by atoms with Gasteiger partial charge < -0.3 is 10.1 Å². The lowest BCUT2D eigenvalue weighted by molar-refractivity contribution is 0.221. The highest BCUT2D eigenvalue weighted by atomic mass is 16.5. The number of hydrogen-bond donors (Lipinski definition) is 1. The molecule has 1 N–H and O–H groups in total. The Bertz CT molecular complexity index is 354. The maximum absolute atomic E-state index is 6.03. The molecule has 2 nitrogen and oxygen atoms in total. The largest absolute Gasteiger partial charge is 0.489 e. The number of ether oxygens (including phenoxy) is 1. The van der Waals surface area contributed by atoms with Crippen molar-refractivity contribution in [3.05, 3.63) is 29.3 Å². The van der Waals surface area contributed by atoms with E-state index in [1.807, 2.05) is 0 Å². The molecule has 0 radical (unpaired) electrons. The summed E-state index contributed by atoms with van der Waals surface area (Å²) in [5.74, 6) is 1.62. The van der Waals surface area contributed by atoms with Crippen molar-refractivity contribution in [2.24, 2.45) is 0 Å². The molecule has 0 aromatic heterocycles. The SMILES string of the molecule is Cc1ccc(C(C)C)cc1OC1CCNC1. The molecule has 2 rings (SSSR count). The van der Waals surface area contributed by atoms with Crippen molar-refractivity contribution in [1.82, 2.24) is 5.32 Å². The zero-order valence-electron chi connectivity index (χ0n) is 10.4. The third-order valence-corrected chi connectivity index (χ3v) is 3.19. The first-order valence-electron chi connectivity index (χ1n) is 6.14. The normalized spacial score (nSPS) is 20.4. The minimum atomic E-state index is 0.348. The zero-order chi connectivity index (χ0) is 11.5. The predicted molar refractivity (Wildman–Crippen MR) is 67.2 cm³/mol. The molecule has 1 aliphatic heterocycles. The van der Waals surface area contributed by atoms with E-state index in [4.69, 9.17) is 4.74 Å². The molecule has 88 valence electrons. The number of benzene rings is 1. The third-order valence-electron chi connectivity index (χ3n) is 3.19. The van der Waals surface area contributed by atoms with Crippen molar-refractivity contribution >= 4 is 0 Å². The topological polar surface area (TPSA) is 21.3 Å². The molecule has 1 unspecified atom stereocenters. The Labute approximate surface area is 98.0 Å². The predicted octanol–water partition coefficient (Wildman–Crippen LogP) is 2.86. The monoisotopic (exact) mass is 219 g/mol. The van der Waals surface area contributed by atoms with Gasteiger partial charge in [-0.3, -0.25) is 0 Å². The van der Waals surface area contributed by atoms with Gasteiger partial charge in [0.05, 0.1) is 0 Å². The summed E-state index contributed by atoms with van der Waals surface area (Å²) in [6.07, 6.45) is 1.46. The highest BCUT2D eigenvalue weighted by molar-refractivity contribution is 5.38. The number of aryl methyl sites for hydroxylation is 1. The number of rotatable bonds is 3. The van der Waals surface area contributed by atoms with E-state index in [1.54, 1.807) is 0 Å². The molecule has 1 aromatic rings. The molecule has 1 heterocycles. The summed E-state index contributed by atoms with van der Waals surface area (Å²) >= 11 is 0. The number of nitrogens with one attached hydrogen (secondary N) is 1. The van der Waals surface area contributed by atoms with Crippen LogP contribution in [0.25, 0.3) is 0 Å². The lowest BCUT2D eigenvalue weighted by Crippen LogP contribution is -2.20. The van der Waals surface area contributed by atoms with Crippen molar-refractivity contribution in [2.75, 3.05) is 13.1 Å². The van der Waals surface area contributed by atoms with E-state index < -0.39 is 0 Å². The standard InChI is InChI=1S/C14H21NO/c1-10(2)12-5-4-11(3)14(8-12)16-13-6-7-15-9-13/h4-5,8,10,13,15H,6-7,9H2,1-3H3. The quantitative estimate of drug-likeness (QED) is 0.844. The van der Waals surface area contributed by atoms with Gasteiger partial charge in [0.25, 0.3) is 0 Å². The second-order valence-corrected chi connectivity index (χ2v) is 4.91. The van der Waals surface area contributed by atoms with Crippen LogP contribution in [0.5, 0.6) is 5.75 Å². The minimum Gasteiger partial charge on any atom is -0.489 e. The zero-order valence-corrected chi connectivity index (χ0v) is 10.4. The van der Waals surface area contributed by atoms with Crippen LogP contribution >= 0.6 is 0 Å². The first-order valence-corrected chi connectivity index (χ1v) is 6.14. The summed E-state index contributed by atoms with van der Waals surface area (Å²) in [7, 11) is 0. The molecule has 1 aromatic carbocycles. The van der Waals surface area contributed by atoms with Gasteiger partial charge in [0, 0.05) is 6.54 Å². The smallest absolute Gasteiger partial charge is 0.122 e. The van der Waals surface area contributed by atoms with Gasteiger partial charge in [0.1, 0.15) is 11.9 Å². The van der Waals surface area contributed by atoms with Crippen molar-refractivity contribution < 1.29 is 4.74 Å². The fourth-order valence-corrected chi connectivity index (χ4v) is 2.01. The van der Waals surface area contributed by atoms with Gasteiger partial charge in [-0.2, -0.15) is 0 Å². The van der Waals surface area contributed by atoms with Crippen LogP contribution in [0, 0.1) is 6.92 Å². The van der Waals surface area contributed by atoms with Crippen LogP contribution in [0.15, 0.2) is 18.2 Å². The summed E-state index contributed by atoms with van der Waals surface area (Å²) in [5.41, 5.74) is 2.59. The lowest BCUT2D eigenvalue weighted by Gasteiger charge is -2.16. The summed E-state index contributed by atoms with van der Waals surface area (Å²) in [5, 5.41) is 3.32. The van der Waals surface area contributed by atoms with E-state index in [0.717, 1.165) is 25.3 Å². The van der Waals surface area contributed by atoms with Gasteiger partial charge in [-0.05, 0) is 43.0 Å². The Balaban J connectivity index is 2.14. The first kappa shape index (κ1) is 11.5. The third kappa shape index (κ3) is 2.56. The summed E-state index contributed by atoms with van der Waals surface area (Å²) in [6, 6.07) is 6.55. The second kappa shape index (κ2) is 4.88. The van der Waals surface area contributed by atoms with Gasteiger partial charge in [-0.25, -0.2) is 0 Å². The van der Waals surface area contributed by atoms with E-state index in [1.165, 1.54) is 11.1 Å². The Morgan fingerprint density at radius 2 is 2.19 bits per heavy atom. The molecule has 2 heteroatoms.